The van der Waals surface area contributed by atoms with Crippen LogP contribution in [0.15, 0.2) is 48.6 Å². The van der Waals surface area contributed by atoms with Crippen molar-refractivity contribution in [2.24, 2.45) is 23.7 Å². The molecule has 0 N–H and O–H groups in total. The third-order valence-electron chi connectivity index (χ3n) is 4.70. The van der Waals surface area contributed by atoms with Gasteiger partial charge in [0.2, 0.25) is 0 Å². The second kappa shape index (κ2) is 3.10. The van der Waals surface area contributed by atoms with Gasteiger partial charge >= 0.3 is 0 Å². The second-order valence-electron chi connectivity index (χ2n) is 5.40. The van der Waals surface area contributed by atoms with Gasteiger partial charge in [-0.2, -0.15) is 0 Å². The summed E-state index contributed by atoms with van der Waals surface area (Å²) in [4.78, 5) is 0. The Labute approximate surface area is 96.7 Å². The summed E-state index contributed by atoms with van der Waals surface area (Å²) in [7, 11) is 0. The Balaban J connectivity index is 1.75. The molecule has 0 aromatic heterocycles. The highest BCUT2D eigenvalue weighted by molar-refractivity contribution is 5.71. The molecule has 16 heavy (non-hydrogen) atoms. The van der Waals surface area contributed by atoms with Crippen LogP contribution < -0.4 is 0 Å². The minimum absolute atomic E-state index is 0.831. The molecule has 0 saturated heterocycles. The average Bonchev–Trinajstić information content (AvgIpc) is 3.03. The maximum Gasteiger partial charge on any atom is -0.00591 e. The van der Waals surface area contributed by atoms with Gasteiger partial charge in [-0.25, -0.2) is 0 Å². The molecule has 0 heteroatoms. The minimum atomic E-state index is 0.831. The molecule has 2 bridgehead atoms. The van der Waals surface area contributed by atoms with Gasteiger partial charge in [0.15, 0.2) is 0 Å². The molecule has 1 fully saturated rings. The van der Waals surface area contributed by atoms with Crippen LogP contribution in [-0.4, -0.2) is 0 Å². The zero-order valence-electron chi connectivity index (χ0n) is 9.34. The van der Waals surface area contributed by atoms with Crippen molar-refractivity contribution in [3.8, 4) is 0 Å². The molecule has 1 aromatic carbocycles. The van der Waals surface area contributed by atoms with Crippen LogP contribution in [0.1, 0.15) is 18.4 Å². The Hall–Kier alpha value is -1.30. The number of benzene rings is 1. The summed E-state index contributed by atoms with van der Waals surface area (Å²) in [5.74, 6) is 3.47. The highest BCUT2D eigenvalue weighted by Gasteiger charge is 2.47. The molecule has 1 saturated carbocycles. The van der Waals surface area contributed by atoms with E-state index in [1.54, 1.807) is 5.57 Å². The number of allylic oxidation sites excluding steroid dienone is 4. The van der Waals surface area contributed by atoms with Crippen molar-refractivity contribution in [2.45, 2.75) is 12.8 Å². The molecule has 4 atom stereocenters. The van der Waals surface area contributed by atoms with Crippen LogP contribution in [0.2, 0.25) is 0 Å². The number of hydrogen-bond donors (Lipinski definition) is 0. The monoisotopic (exact) mass is 208 g/mol. The minimum Gasteiger partial charge on any atom is -0.0848 e. The van der Waals surface area contributed by atoms with Crippen LogP contribution in [0.3, 0.4) is 0 Å². The Morgan fingerprint density at radius 1 is 0.938 bits per heavy atom. The van der Waals surface area contributed by atoms with Crippen LogP contribution in [-0.2, 0) is 0 Å². The zero-order chi connectivity index (χ0) is 10.5. The summed E-state index contributed by atoms with van der Waals surface area (Å²) < 4.78 is 0. The largest absolute Gasteiger partial charge is 0.0848 e. The highest BCUT2D eigenvalue weighted by Crippen LogP contribution is 2.57. The molecule has 3 aliphatic carbocycles. The van der Waals surface area contributed by atoms with Gasteiger partial charge in [0.1, 0.15) is 0 Å². The maximum absolute atomic E-state index is 2.50. The first kappa shape index (κ1) is 8.81. The predicted octanol–water partition coefficient (Wildman–Crippen LogP) is 3.91. The molecule has 80 valence electrons. The number of fused-ring (bicyclic) bond motifs is 5. The van der Waals surface area contributed by atoms with Crippen molar-refractivity contribution in [3.63, 3.8) is 0 Å². The number of rotatable bonds is 1. The normalized spacial score (nSPS) is 38.9. The molecule has 1 aromatic rings. The van der Waals surface area contributed by atoms with Gasteiger partial charge in [-0.15, -0.1) is 0 Å². The molecule has 4 rings (SSSR count). The third-order valence-corrected chi connectivity index (χ3v) is 4.70. The first-order valence-corrected chi connectivity index (χ1v) is 6.37. The van der Waals surface area contributed by atoms with E-state index in [1.807, 2.05) is 0 Å². The van der Waals surface area contributed by atoms with Crippen LogP contribution in [0.25, 0.3) is 5.57 Å². The summed E-state index contributed by atoms with van der Waals surface area (Å²) in [6.07, 6.45) is 10.2. The summed E-state index contributed by atoms with van der Waals surface area (Å²) in [5.41, 5.74) is 3.08. The zero-order valence-corrected chi connectivity index (χ0v) is 9.34. The molecule has 0 spiro atoms. The molecular weight excluding hydrogens is 192 g/mol. The van der Waals surface area contributed by atoms with Gasteiger partial charge in [0.05, 0.1) is 0 Å². The third kappa shape index (κ3) is 1.05. The van der Waals surface area contributed by atoms with E-state index in [-0.39, 0.29) is 0 Å². The molecule has 0 amide bonds. The van der Waals surface area contributed by atoms with Crippen LogP contribution in [0, 0.1) is 23.7 Å². The van der Waals surface area contributed by atoms with E-state index in [0.717, 1.165) is 23.7 Å². The summed E-state index contributed by atoms with van der Waals surface area (Å²) in [6, 6.07) is 11.0. The number of hydrogen-bond acceptors (Lipinski definition) is 0. The van der Waals surface area contributed by atoms with Crippen LogP contribution in [0.5, 0.6) is 0 Å². The first-order chi connectivity index (χ1) is 7.93. The van der Waals surface area contributed by atoms with Gasteiger partial charge in [0, 0.05) is 0 Å². The van der Waals surface area contributed by atoms with Crippen molar-refractivity contribution in [2.75, 3.05) is 0 Å². The van der Waals surface area contributed by atoms with E-state index in [0.29, 0.717) is 0 Å². The van der Waals surface area contributed by atoms with Crippen LogP contribution in [0.4, 0.5) is 0 Å². The van der Waals surface area contributed by atoms with Crippen molar-refractivity contribution in [1.82, 2.24) is 0 Å². The van der Waals surface area contributed by atoms with Crippen molar-refractivity contribution < 1.29 is 0 Å². The lowest BCUT2D eigenvalue weighted by Crippen LogP contribution is -2.15. The van der Waals surface area contributed by atoms with E-state index in [4.69, 9.17) is 0 Å². The molecule has 3 aliphatic rings. The fourth-order valence-corrected chi connectivity index (χ4v) is 4.05. The van der Waals surface area contributed by atoms with Crippen LogP contribution >= 0.6 is 0 Å². The van der Waals surface area contributed by atoms with E-state index >= 15 is 0 Å². The summed E-state index contributed by atoms with van der Waals surface area (Å²) >= 11 is 0. The lowest BCUT2D eigenvalue weighted by Gasteiger charge is -2.23. The molecular formula is C16H16. The average molecular weight is 208 g/mol. The van der Waals surface area contributed by atoms with Gasteiger partial charge in [-0.05, 0) is 47.6 Å². The Morgan fingerprint density at radius 2 is 1.75 bits per heavy atom. The first-order valence-electron chi connectivity index (χ1n) is 6.37. The van der Waals surface area contributed by atoms with Gasteiger partial charge in [-0.3, -0.25) is 0 Å². The molecule has 2 unspecified atom stereocenters. The topological polar surface area (TPSA) is 0 Å². The van der Waals surface area contributed by atoms with Crippen molar-refractivity contribution >= 4 is 5.57 Å². The molecule has 0 nitrogen and oxygen atoms in total. The molecule has 0 radical (unpaired) electrons. The highest BCUT2D eigenvalue weighted by atomic mass is 14.5. The Morgan fingerprint density at radius 3 is 2.62 bits per heavy atom. The standard InChI is InChI=1S/C16H16/c1-2-4-11(5-3-1)14-8-9-15-12-6-7-13(10-12)16(14)15/h1-8,12-13,15-16H,9-10H2/t12-,13+,15?,16?/m1/s1. The fourth-order valence-electron chi connectivity index (χ4n) is 4.05. The fraction of sp³-hybridized carbons (Fsp3) is 0.375. The lowest BCUT2D eigenvalue weighted by molar-refractivity contribution is 0.405. The predicted molar refractivity (Wildman–Crippen MR) is 66.8 cm³/mol. The molecule has 0 heterocycles. The van der Waals surface area contributed by atoms with Gasteiger partial charge in [0.25, 0.3) is 0 Å². The van der Waals surface area contributed by atoms with Gasteiger partial charge in [-0.1, -0.05) is 48.6 Å². The summed E-state index contributed by atoms with van der Waals surface area (Å²) in [5, 5.41) is 0. The van der Waals surface area contributed by atoms with Gasteiger partial charge < -0.3 is 0 Å². The maximum atomic E-state index is 2.50. The SMILES string of the molecule is C1=C[C@H]2C[C@@H]1C1CC=C(c3ccccc3)C12. The van der Waals surface area contributed by atoms with E-state index in [1.165, 1.54) is 18.4 Å². The lowest BCUT2D eigenvalue weighted by atomic mass is 9.80. The molecule has 0 aliphatic heterocycles. The van der Waals surface area contributed by atoms with E-state index < -0.39 is 0 Å². The van der Waals surface area contributed by atoms with Crippen molar-refractivity contribution in [3.05, 3.63) is 54.1 Å². The second-order valence-corrected chi connectivity index (χ2v) is 5.40. The Bertz CT molecular complexity index is 466. The smallest absolute Gasteiger partial charge is 0.00591 e. The summed E-state index contributed by atoms with van der Waals surface area (Å²) in [6.45, 7) is 0. The quantitative estimate of drug-likeness (QED) is 0.614. The van der Waals surface area contributed by atoms with Crippen molar-refractivity contribution in [1.29, 1.82) is 0 Å². The Kier molecular flexibility index (Phi) is 1.71. The van der Waals surface area contributed by atoms with E-state index in [9.17, 15) is 0 Å². The van der Waals surface area contributed by atoms with E-state index in [2.05, 4.69) is 48.6 Å².